The Balaban J connectivity index is 2.01. The van der Waals surface area contributed by atoms with E-state index in [0.29, 0.717) is 0 Å². The number of halogens is 1. The number of rotatable bonds is 6. The lowest BCUT2D eigenvalue weighted by molar-refractivity contribution is -0.129. The third kappa shape index (κ3) is 5.29. The Hall–Kier alpha value is -2.42. The third-order valence-electron chi connectivity index (χ3n) is 3.44. The minimum atomic E-state index is -4.09. The van der Waals surface area contributed by atoms with E-state index in [1.54, 1.807) is 0 Å². The molecule has 1 amide bonds. The summed E-state index contributed by atoms with van der Waals surface area (Å²) in [5.74, 6) is -1.35. The first-order valence-electron chi connectivity index (χ1n) is 7.53. The Morgan fingerprint density at radius 1 is 1.19 bits per heavy atom. The van der Waals surface area contributed by atoms with Gasteiger partial charge >= 0.3 is 5.97 Å². The maximum Gasteiger partial charge on any atom is 0.338 e. The summed E-state index contributed by atoms with van der Waals surface area (Å²) in [5, 5.41) is 7.58. The number of carbonyl (C=O) groups excluding carboxylic acids is 2. The molecule has 9 heteroatoms. The highest BCUT2D eigenvalue weighted by atomic mass is 35.5. The van der Waals surface area contributed by atoms with Gasteiger partial charge in [0.25, 0.3) is 5.91 Å². The van der Waals surface area contributed by atoms with Gasteiger partial charge < -0.3 is 10.1 Å². The molecule has 0 aliphatic carbocycles. The lowest BCUT2D eigenvalue weighted by atomic mass is 10.2. The van der Waals surface area contributed by atoms with Gasteiger partial charge in [0.1, 0.15) is 4.90 Å². The second-order valence-corrected chi connectivity index (χ2v) is 7.38. The minimum Gasteiger partial charge on any atom is -0.449 e. The molecule has 0 bridgehead atoms. The Morgan fingerprint density at radius 3 is 2.46 bits per heavy atom. The highest BCUT2D eigenvalue weighted by Crippen LogP contribution is 2.22. The Labute approximate surface area is 156 Å². The number of sulfonamides is 1. The number of esters is 1. The van der Waals surface area contributed by atoms with Crippen molar-refractivity contribution in [3.63, 3.8) is 0 Å². The van der Waals surface area contributed by atoms with Crippen molar-refractivity contribution >= 4 is 33.5 Å². The summed E-state index contributed by atoms with van der Waals surface area (Å²) in [5.41, 5.74) is 0.816. The van der Waals surface area contributed by atoms with Crippen LogP contribution < -0.4 is 10.5 Å². The lowest BCUT2D eigenvalue weighted by Crippen LogP contribution is -2.35. The average Bonchev–Trinajstić information content (AvgIpc) is 2.59. The first kappa shape index (κ1) is 19.9. The van der Waals surface area contributed by atoms with Crippen LogP contribution in [0.4, 0.5) is 0 Å². The van der Waals surface area contributed by atoms with E-state index in [2.05, 4.69) is 5.32 Å². The molecule has 3 N–H and O–H groups in total. The number of primary sulfonamides is 1. The second-order valence-electron chi connectivity index (χ2n) is 5.44. The van der Waals surface area contributed by atoms with Gasteiger partial charge in [-0.1, -0.05) is 41.9 Å². The van der Waals surface area contributed by atoms with Crippen LogP contribution in [0.2, 0.25) is 5.02 Å². The van der Waals surface area contributed by atoms with E-state index in [0.717, 1.165) is 11.6 Å². The smallest absolute Gasteiger partial charge is 0.338 e. The summed E-state index contributed by atoms with van der Waals surface area (Å²) >= 11 is 5.77. The zero-order chi connectivity index (χ0) is 19.3. The number of carbonyl (C=O) groups is 2. The number of hydrogen-bond donors (Lipinski definition) is 2. The second kappa shape index (κ2) is 8.31. The maximum atomic E-state index is 12.1. The molecule has 2 aromatic rings. The molecule has 2 rings (SSSR count). The summed E-state index contributed by atoms with van der Waals surface area (Å²) in [7, 11) is -4.09. The molecule has 0 aromatic heterocycles. The zero-order valence-electron chi connectivity index (χ0n) is 13.8. The summed E-state index contributed by atoms with van der Waals surface area (Å²) in [6.07, 6.45) is -1.07. The molecule has 0 aliphatic rings. The van der Waals surface area contributed by atoms with E-state index in [-0.39, 0.29) is 17.1 Å². The monoisotopic (exact) mass is 396 g/mol. The van der Waals surface area contributed by atoms with Gasteiger partial charge in [0.05, 0.1) is 10.6 Å². The van der Waals surface area contributed by atoms with Crippen molar-refractivity contribution in [2.45, 2.75) is 24.5 Å². The molecule has 0 radical (unpaired) electrons. The topological polar surface area (TPSA) is 116 Å². The highest BCUT2D eigenvalue weighted by Gasteiger charge is 2.21. The Kier molecular flexibility index (Phi) is 6.36. The first-order valence-corrected chi connectivity index (χ1v) is 9.46. The predicted molar refractivity (Wildman–Crippen MR) is 96.0 cm³/mol. The van der Waals surface area contributed by atoms with Gasteiger partial charge in [-0.25, -0.2) is 18.4 Å². The van der Waals surface area contributed by atoms with Crippen molar-refractivity contribution in [3.8, 4) is 0 Å². The quantitative estimate of drug-likeness (QED) is 0.723. The van der Waals surface area contributed by atoms with Gasteiger partial charge in [-0.2, -0.15) is 0 Å². The van der Waals surface area contributed by atoms with Crippen LogP contribution in [0.25, 0.3) is 0 Å². The van der Waals surface area contributed by atoms with E-state index in [1.165, 1.54) is 19.1 Å². The Morgan fingerprint density at radius 2 is 1.85 bits per heavy atom. The fourth-order valence-corrected chi connectivity index (χ4v) is 3.13. The standard InChI is InChI=1S/C17H17ClN2O5S/c1-11(16(21)20-10-12-5-3-2-4-6-12)25-17(22)13-7-8-14(18)15(9-13)26(19,23)24/h2-9,11H,10H2,1H3,(H,20,21)(H2,19,23,24). The molecular weight excluding hydrogens is 380 g/mol. The minimum absolute atomic E-state index is 0.0823. The van der Waals surface area contributed by atoms with Gasteiger partial charge in [-0.3, -0.25) is 4.79 Å². The van der Waals surface area contributed by atoms with Gasteiger partial charge in [0.2, 0.25) is 10.0 Å². The van der Waals surface area contributed by atoms with Gasteiger partial charge in [0.15, 0.2) is 6.10 Å². The summed E-state index contributed by atoms with van der Waals surface area (Å²) in [6, 6.07) is 12.8. The number of hydrogen-bond acceptors (Lipinski definition) is 5. The molecule has 1 atom stereocenters. The molecule has 7 nitrogen and oxygen atoms in total. The van der Waals surface area contributed by atoms with E-state index in [9.17, 15) is 18.0 Å². The van der Waals surface area contributed by atoms with Crippen molar-refractivity contribution in [1.82, 2.24) is 5.32 Å². The Bertz CT molecular complexity index is 916. The van der Waals surface area contributed by atoms with Crippen LogP contribution in [0.5, 0.6) is 0 Å². The zero-order valence-corrected chi connectivity index (χ0v) is 15.4. The van der Waals surface area contributed by atoms with E-state index >= 15 is 0 Å². The van der Waals surface area contributed by atoms with Crippen LogP contribution in [0, 0.1) is 0 Å². The largest absolute Gasteiger partial charge is 0.449 e. The third-order valence-corrected chi connectivity index (χ3v) is 4.83. The van der Waals surface area contributed by atoms with Crippen LogP contribution in [-0.4, -0.2) is 26.4 Å². The van der Waals surface area contributed by atoms with Gasteiger partial charge in [-0.15, -0.1) is 0 Å². The average molecular weight is 397 g/mol. The molecule has 0 heterocycles. The van der Waals surface area contributed by atoms with Gasteiger partial charge in [-0.05, 0) is 30.7 Å². The molecule has 0 fully saturated rings. The van der Waals surface area contributed by atoms with E-state index in [1.807, 2.05) is 30.3 Å². The number of benzene rings is 2. The first-order chi connectivity index (χ1) is 12.2. The molecule has 0 spiro atoms. The van der Waals surface area contributed by atoms with Gasteiger partial charge in [0, 0.05) is 6.54 Å². The number of nitrogens with one attached hydrogen (secondary N) is 1. The molecule has 138 valence electrons. The molecule has 26 heavy (non-hydrogen) atoms. The summed E-state index contributed by atoms with van der Waals surface area (Å²) in [4.78, 5) is 23.8. The van der Waals surface area contributed by atoms with Crippen LogP contribution in [0.1, 0.15) is 22.8 Å². The number of amides is 1. The molecule has 0 saturated heterocycles. The van der Waals surface area contributed by atoms with E-state index < -0.39 is 32.9 Å². The fourth-order valence-electron chi connectivity index (χ4n) is 2.06. The highest BCUT2D eigenvalue weighted by molar-refractivity contribution is 7.89. The van der Waals surface area contributed by atoms with Crippen molar-refractivity contribution < 1.29 is 22.7 Å². The van der Waals surface area contributed by atoms with Crippen LogP contribution in [0.15, 0.2) is 53.4 Å². The molecule has 2 aromatic carbocycles. The van der Waals surface area contributed by atoms with E-state index in [4.69, 9.17) is 21.5 Å². The maximum absolute atomic E-state index is 12.1. The van der Waals surface area contributed by atoms with Crippen LogP contribution >= 0.6 is 11.6 Å². The van der Waals surface area contributed by atoms with Crippen molar-refractivity contribution in [3.05, 3.63) is 64.7 Å². The SMILES string of the molecule is CC(OC(=O)c1ccc(Cl)c(S(N)(=O)=O)c1)C(=O)NCc1ccccc1. The van der Waals surface area contributed by atoms with Crippen LogP contribution in [-0.2, 0) is 26.1 Å². The summed E-state index contributed by atoms with van der Waals surface area (Å²) < 4.78 is 28.0. The lowest BCUT2D eigenvalue weighted by Gasteiger charge is -2.14. The normalized spacial score (nSPS) is 12.3. The van der Waals surface area contributed by atoms with Crippen molar-refractivity contribution in [1.29, 1.82) is 0 Å². The fraction of sp³-hybridized carbons (Fsp3) is 0.176. The molecule has 0 aliphatic heterocycles. The van der Waals surface area contributed by atoms with Crippen molar-refractivity contribution in [2.24, 2.45) is 5.14 Å². The molecule has 1 unspecified atom stereocenters. The van der Waals surface area contributed by atoms with Crippen molar-refractivity contribution in [2.75, 3.05) is 0 Å². The summed E-state index contributed by atoms with van der Waals surface area (Å²) in [6.45, 7) is 1.70. The van der Waals surface area contributed by atoms with Crippen LogP contribution in [0.3, 0.4) is 0 Å². The predicted octanol–water partition coefficient (Wildman–Crippen LogP) is 1.85. The number of ether oxygens (including phenoxy) is 1. The number of nitrogens with two attached hydrogens (primary N) is 1. The molecular formula is C17H17ClN2O5S. The molecule has 0 saturated carbocycles.